The van der Waals surface area contributed by atoms with Crippen LogP contribution in [0.1, 0.15) is 22.8 Å². The fourth-order valence-corrected chi connectivity index (χ4v) is 2.48. The molecule has 1 aromatic heterocycles. The molecule has 2 rings (SSSR count). The van der Waals surface area contributed by atoms with Gasteiger partial charge in [0.05, 0.1) is 4.70 Å². The highest BCUT2D eigenvalue weighted by Gasteiger charge is 2.11. The summed E-state index contributed by atoms with van der Waals surface area (Å²) in [6, 6.07) is 3.74. The van der Waals surface area contributed by atoms with Crippen molar-refractivity contribution >= 4 is 27.7 Å². The highest BCUT2D eigenvalue weighted by molar-refractivity contribution is 7.17. The lowest BCUT2D eigenvalue weighted by Crippen LogP contribution is -1.91. The van der Waals surface area contributed by atoms with Crippen LogP contribution in [0.4, 0.5) is 0 Å². The van der Waals surface area contributed by atoms with Crippen molar-refractivity contribution in [2.24, 2.45) is 0 Å². The molecule has 0 aliphatic rings. The van der Waals surface area contributed by atoms with Crippen LogP contribution in [0.25, 0.3) is 10.1 Å². The van der Waals surface area contributed by atoms with Crippen LogP contribution in [-0.2, 0) is 6.42 Å². The van der Waals surface area contributed by atoms with Crippen molar-refractivity contribution in [1.29, 1.82) is 0 Å². The largest absolute Gasteiger partial charge is 0.506 e. The van der Waals surface area contributed by atoms with Crippen molar-refractivity contribution in [3.63, 3.8) is 0 Å². The summed E-state index contributed by atoms with van der Waals surface area (Å²) in [7, 11) is 0. The minimum atomic E-state index is 0.266. The third-order valence-corrected chi connectivity index (χ3v) is 3.27. The summed E-state index contributed by atoms with van der Waals surface area (Å²) in [4.78, 5) is 10.8. The first kappa shape index (κ1) is 9.21. The van der Waals surface area contributed by atoms with E-state index in [1.54, 1.807) is 0 Å². The van der Waals surface area contributed by atoms with Crippen molar-refractivity contribution in [2.45, 2.75) is 13.3 Å². The maximum Gasteiger partial charge on any atom is 0.150 e. The first-order valence-corrected chi connectivity index (χ1v) is 5.33. The molecule has 0 saturated heterocycles. The molecule has 72 valence electrons. The van der Waals surface area contributed by atoms with Gasteiger partial charge in [0, 0.05) is 11.1 Å². The Morgan fingerprint density at radius 3 is 3.00 bits per heavy atom. The smallest absolute Gasteiger partial charge is 0.150 e. The predicted molar refractivity (Wildman–Crippen MR) is 58.3 cm³/mol. The molecule has 1 N–H and O–H groups in total. The Hall–Kier alpha value is -1.35. The van der Waals surface area contributed by atoms with Crippen molar-refractivity contribution in [3.05, 3.63) is 28.6 Å². The second-order valence-corrected chi connectivity index (χ2v) is 4.02. The van der Waals surface area contributed by atoms with Crippen LogP contribution in [0.3, 0.4) is 0 Å². The predicted octanol–water partition coefficient (Wildman–Crippen LogP) is 2.98. The average molecular weight is 206 g/mol. The van der Waals surface area contributed by atoms with Crippen molar-refractivity contribution in [2.75, 3.05) is 0 Å². The van der Waals surface area contributed by atoms with Gasteiger partial charge in [-0.2, -0.15) is 0 Å². The lowest BCUT2D eigenvalue weighted by atomic mass is 10.0. The van der Waals surface area contributed by atoms with Crippen molar-refractivity contribution in [1.82, 2.24) is 0 Å². The second kappa shape index (κ2) is 3.42. The molecule has 0 aliphatic heterocycles. The molecule has 0 amide bonds. The zero-order valence-corrected chi connectivity index (χ0v) is 8.60. The Morgan fingerprint density at radius 1 is 1.57 bits per heavy atom. The maximum absolute atomic E-state index is 10.8. The van der Waals surface area contributed by atoms with Crippen LogP contribution in [0, 0.1) is 0 Å². The van der Waals surface area contributed by atoms with Crippen LogP contribution >= 0.6 is 11.3 Å². The fraction of sp³-hybridized carbons (Fsp3) is 0.182. The Balaban J connectivity index is 2.85. The Kier molecular flexibility index (Phi) is 2.25. The lowest BCUT2D eigenvalue weighted by Gasteiger charge is -2.05. The van der Waals surface area contributed by atoms with Crippen LogP contribution in [0.2, 0.25) is 0 Å². The molecular formula is C11H10O2S. The Labute approximate surface area is 85.8 Å². The summed E-state index contributed by atoms with van der Waals surface area (Å²) >= 11 is 1.50. The maximum atomic E-state index is 10.8. The first-order chi connectivity index (χ1) is 6.77. The van der Waals surface area contributed by atoms with E-state index in [1.165, 1.54) is 11.3 Å². The summed E-state index contributed by atoms with van der Waals surface area (Å²) in [6.45, 7) is 1.93. The number of benzene rings is 1. The van der Waals surface area contributed by atoms with Gasteiger partial charge in [-0.05, 0) is 29.3 Å². The highest BCUT2D eigenvalue weighted by atomic mass is 32.1. The minimum Gasteiger partial charge on any atom is -0.506 e. The third kappa shape index (κ3) is 1.21. The monoisotopic (exact) mass is 206 g/mol. The quantitative estimate of drug-likeness (QED) is 0.767. The molecule has 2 nitrogen and oxygen atoms in total. The van der Waals surface area contributed by atoms with Gasteiger partial charge in [-0.25, -0.2) is 0 Å². The minimum absolute atomic E-state index is 0.266. The zero-order valence-electron chi connectivity index (χ0n) is 7.78. The van der Waals surface area contributed by atoms with E-state index >= 15 is 0 Å². The zero-order chi connectivity index (χ0) is 10.1. The topological polar surface area (TPSA) is 37.3 Å². The molecule has 0 radical (unpaired) electrons. The number of phenolic OH excluding ortho intramolecular Hbond substituents is 1. The van der Waals surface area contributed by atoms with Crippen LogP contribution in [-0.4, -0.2) is 11.4 Å². The summed E-state index contributed by atoms with van der Waals surface area (Å²) in [5.41, 5.74) is 1.34. The van der Waals surface area contributed by atoms with E-state index in [1.807, 2.05) is 24.4 Å². The molecule has 0 bridgehead atoms. The van der Waals surface area contributed by atoms with Crippen molar-refractivity contribution < 1.29 is 9.90 Å². The molecule has 3 heteroatoms. The molecule has 1 heterocycles. The van der Waals surface area contributed by atoms with Crippen LogP contribution < -0.4 is 0 Å². The van der Waals surface area contributed by atoms with Gasteiger partial charge in [0.25, 0.3) is 0 Å². The van der Waals surface area contributed by atoms with Crippen LogP contribution in [0.5, 0.6) is 5.75 Å². The van der Waals surface area contributed by atoms with Crippen molar-refractivity contribution in [3.8, 4) is 5.75 Å². The van der Waals surface area contributed by atoms with Gasteiger partial charge in [-0.1, -0.05) is 6.92 Å². The number of fused-ring (bicyclic) bond motifs is 1. The number of aromatic hydroxyl groups is 1. The van der Waals surface area contributed by atoms with Gasteiger partial charge in [-0.3, -0.25) is 4.79 Å². The molecule has 0 fully saturated rings. The van der Waals surface area contributed by atoms with E-state index in [9.17, 15) is 9.90 Å². The number of hydrogen-bond acceptors (Lipinski definition) is 3. The molecule has 0 spiro atoms. The van der Waals surface area contributed by atoms with Gasteiger partial charge < -0.3 is 5.11 Å². The standard InChI is InChI=1S/C11H10O2S/c1-2-9-8(6-12)5-7-3-4-14-11(7)10(9)13/h3-6,13H,2H2,1H3. The number of hydrogen-bond donors (Lipinski definition) is 1. The molecule has 2 aromatic rings. The SMILES string of the molecule is CCc1c(C=O)cc2ccsc2c1O. The summed E-state index contributed by atoms with van der Waals surface area (Å²) in [5.74, 6) is 0.266. The van der Waals surface area contributed by atoms with E-state index in [0.717, 1.165) is 21.9 Å². The molecule has 14 heavy (non-hydrogen) atoms. The molecule has 1 aromatic carbocycles. The third-order valence-electron chi connectivity index (χ3n) is 2.34. The molecule has 0 atom stereocenters. The van der Waals surface area contributed by atoms with Gasteiger partial charge >= 0.3 is 0 Å². The molecule has 0 aliphatic carbocycles. The number of thiophene rings is 1. The van der Waals surface area contributed by atoms with E-state index in [2.05, 4.69) is 0 Å². The Morgan fingerprint density at radius 2 is 2.36 bits per heavy atom. The number of rotatable bonds is 2. The lowest BCUT2D eigenvalue weighted by molar-refractivity contribution is 0.112. The molecule has 0 saturated carbocycles. The molecule has 0 unspecified atom stereocenters. The normalized spacial score (nSPS) is 10.6. The summed E-state index contributed by atoms with van der Waals surface area (Å²) < 4.78 is 0.868. The van der Waals surface area contributed by atoms with Gasteiger partial charge in [-0.15, -0.1) is 11.3 Å². The Bertz CT molecular complexity index is 485. The summed E-state index contributed by atoms with van der Waals surface area (Å²) in [5, 5.41) is 12.8. The van der Waals surface area contributed by atoms with E-state index in [4.69, 9.17) is 0 Å². The number of carbonyl (C=O) groups is 1. The number of carbonyl (C=O) groups excluding carboxylic acids is 1. The van der Waals surface area contributed by atoms with E-state index in [0.29, 0.717) is 12.0 Å². The molecular weight excluding hydrogens is 196 g/mol. The first-order valence-electron chi connectivity index (χ1n) is 4.45. The summed E-state index contributed by atoms with van der Waals surface area (Å²) in [6.07, 6.45) is 1.48. The van der Waals surface area contributed by atoms with Crippen LogP contribution in [0.15, 0.2) is 17.5 Å². The van der Waals surface area contributed by atoms with E-state index in [-0.39, 0.29) is 5.75 Å². The number of phenols is 1. The van der Waals surface area contributed by atoms with Gasteiger partial charge in [0.2, 0.25) is 0 Å². The average Bonchev–Trinajstić information content (AvgIpc) is 2.65. The van der Waals surface area contributed by atoms with Gasteiger partial charge in [0.15, 0.2) is 0 Å². The number of aldehydes is 1. The van der Waals surface area contributed by atoms with E-state index < -0.39 is 0 Å². The highest BCUT2D eigenvalue weighted by Crippen LogP contribution is 2.35. The van der Waals surface area contributed by atoms with Gasteiger partial charge in [0.1, 0.15) is 12.0 Å². The second-order valence-electron chi connectivity index (χ2n) is 3.10. The fourth-order valence-electron chi connectivity index (χ4n) is 1.63.